The van der Waals surface area contributed by atoms with Crippen molar-refractivity contribution in [2.45, 2.75) is 19.3 Å². The van der Waals surface area contributed by atoms with E-state index in [0.29, 0.717) is 38.8 Å². The molecule has 42 heavy (non-hydrogen) atoms. The Bertz CT molecular complexity index is 2000. The topological polar surface area (TPSA) is 41.6 Å². The SMILES string of the molecule is Cc1cc(C#N)c(-c2ccncc2)cc1-n1c2ccccc2c2cccc(-c3cc(C(F)(F)F)cc(C(F)(F)F)c3)c21. The standard InChI is InChI=1S/C33H19F6N3/c1-19-13-22(18-40)28(20-9-11-41-12-10-20)17-30(19)42-29-8-3-2-5-26(29)27-7-4-6-25(31(27)42)21-14-23(32(34,35)36)16-24(15-21)33(37,38)39/h2-17H,1H3. The predicted octanol–water partition coefficient (Wildman–Crippen LogP) is 9.73. The number of fused-ring (bicyclic) bond motifs is 3. The van der Waals surface area contributed by atoms with Gasteiger partial charge in [0.15, 0.2) is 0 Å². The first kappa shape index (κ1) is 27.1. The van der Waals surface area contributed by atoms with Crippen molar-refractivity contribution in [3.63, 3.8) is 0 Å². The highest BCUT2D eigenvalue weighted by Crippen LogP contribution is 2.43. The van der Waals surface area contributed by atoms with Crippen molar-refractivity contribution in [1.29, 1.82) is 5.26 Å². The molecule has 0 spiro atoms. The Morgan fingerprint density at radius 1 is 0.690 bits per heavy atom. The molecule has 0 atom stereocenters. The second-order valence-corrected chi connectivity index (χ2v) is 9.88. The fraction of sp³-hybridized carbons (Fsp3) is 0.0909. The molecule has 0 saturated carbocycles. The minimum atomic E-state index is -4.99. The van der Waals surface area contributed by atoms with Crippen molar-refractivity contribution in [1.82, 2.24) is 9.55 Å². The van der Waals surface area contributed by atoms with Crippen LogP contribution in [0.15, 0.2) is 97.3 Å². The van der Waals surface area contributed by atoms with Gasteiger partial charge in [0.05, 0.1) is 33.8 Å². The Morgan fingerprint density at radius 2 is 1.33 bits per heavy atom. The number of rotatable bonds is 3. The summed E-state index contributed by atoms with van der Waals surface area (Å²) in [5, 5.41) is 11.3. The molecule has 6 rings (SSSR count). The van der Waals surface area contributed by atoms with Gasteiger partial charge in [-0.25, -0.2) is 0 Å². The third-order valence-corrected chi connectivity index (χ3v) is 7.28. The zero-order valence-corrected chi connectivity index (χ0v) is 21.8. The number of alkyl halides is 6. The van der Waals surface area contributed by atoms with Crippen molar-refractivity contribution >= 4 is 21.8 Å². The Balaban J connectivity index is 1.74. The summed E-state index contributed by atoms with van der Waals surface area (Å²) < 4.78 is 84.7. The van der Waals surface area contributed by atoms with Crippen molar-refractivity contribution in [3.8, 4) is 34.0 Å². The van der Waals surface area contributed by atoms with Gasteiger partial charge in [-0.15, -0.1) is 0 Å². The number of hydrogen-bond donors (Lipinski definition) is 0. The molecule has 208 valence electrons. The molecule has 0 fully saturated rings. The lowest BCUT2D eigenvalue weighted by atomic mass is 9.96. The molecule has 0 amide bonds. The summed E-state index contributed by atoms with van der Waals surface area (Å²) in [5.74, 6) is 0. The Labute approximate surface area is 235 Å². The molecule has 0 unspecified atom stereocenters. The average Bonchev–Trinajstić information content (AvgIpc) is 3.31. The predicted molar refractivity (Wildman–Crippen MR) is 149 cm³/mol. The largest absolute Gasteiger partial charge is 0.416 e. The van der Waals surface area contributed by atoms with Crippen LogP contribution in [0.5, 0.6) is 0 Å². The number of hydrogen-bond acceptors (Lipinski definition) is 2. The molecule has 3 nitrogen and oxygen atoms in total. The van der Waals surface area contributed by atoms with E-state index in [1.54, 1.807) is 42.7 Å². The van der Waals surface area contributed by atoms with Crippen LogP contribution in [0.25, 0.3) is 49.7 Å². The maximum atomic E-state index is 13.8. The first-order valence-corrected chi connectivity index (χ1v) is 12.7. The average molecular weight is 572 g/mol. The van der Waals surface area contributed by atoms with E-state index in [9.17, 15) is 31.6 Å². The molecule has 6 aromatic rings. The molecule has 4 aromatic carbocycles. The number of para-hydroxylation sites is 2. The van der Waals surface area contributed by atoms with Crippen molar-refractivity contribution < 1.29 is 26.3 Å². The van der Waals surface area contributed by atoms with Gasteiger partial charge in [0, 0.05) is 40.0 Å². The molecule has 9 heteroatoms. The van der Waals surface area contributed by atoms with E-state index in [2.05, 4.69) is 11.1 Å². The van der Waals surface area contributed by atoms with Gasteiger partial charge in [0.25, 0.3) is 0 Å². The van der Waals surface area contributed by atoms with Gasteiger partial charge in [0.1, 0.15) is 0 Å². The van der Waals surface area contributed by atoms with E-state index in [0.717, 1.165) is 23.1 Å². The molecular weight excluding hydrogens is 552 g/mol. The third-order valence-electron chi connectivity index (χ3n) is 7.28. The van der Waals surface area contributed by atoms with E-state index in [-0.39, 0.29) is 17.2 Å². The summed E-state index contributed by atoms with van der Waals surface area (Å²) >= 11 is 0. The quantitative estimate of drug-likeness (QED) is 0.199. The fourth-order valence-electron chi connectivity index (χ4n) is 5.41. The monoisotopic (exact) mass is 571 g/mol. The minimum Gasteiger partial charge on any atom is -0.308 e. The van der Waals surface area contributed by atoms with Gasteiger partial charge in [-0.3, -0.25) is 4.98 Å². The number of nitriles is 1. The van der Waals surface area contributed by atoms with Gasteiger partial charge in [-0.1, -0.05) is 36.4 Å². The summed E-state index contributed by atoms with van der Waals surface area (Å²) in [6.07, 6.45) is -6.78. The third kappa shape index (κ3) is 4.55. The maximum Gasteiger partial charge on any atom is 0.416 e. The van der Waals surface area contributed by atoms with Crippen molar-refractivity contribution in [3.05, 3.63) is 120 Å². The summed E-state index contributed by atoms with van der Waals surface area (Å²) in [4.78, 5) is 4.04. The number of aromatic nitrogens is 2. The maximum absolute atomic E-state index is 13.8. The first-order chi connectivity index (χ1) is 20.0. The number of halogens is 6. The molecule has 2 heterocycles. The lowest BCUT2D eigenvalue weighted by Crippen LogP contribution is -2.11. The molecule has 0 saturated heterocycles. The fourth-order valence-corrected chi connectivity index (χ4v) is 5.41. The lowest BCUT2D eigenvalue weighted by Gasteiger charge is -2.18. The molecule has 0 aliphatic rings. The number of nitrogens with zero attached hydrogens (tertiary/aromatic N) is 3. The molecule has 0 aliphatic heterocycles. The summed E-state index contributed by atoms with van der Waals surface area (Å²) in [6.45, 7) is 1.81. The zero-order chi connectivity index (χ0) is 29.8. The zero-order valence-electron chi connectivity index (χ0n) is 21.8. The molecule has 0 aliphatic carbocycles. The molecule has 0 N–H and O–H groups in total. The van der Waals surface area contributed by atoms with Gasteiger partial charge in [0.2, 0.25) is 0 Å². The second kappa shape index (κ2) is 9.77. The van der Waals surface area contributed by atoms with Crippen LogP contribution in [0, 0.1) is 18.3 Å². The van der Waals surface area contributed by atoms with E-state index in [1.165, 1.54) is 6.07 Å². The number of pyridine rings is 1. The van der Waals surface area contributed by atoms with Crippen LogP contribution in [0.4, 0.5) is 26.3 Å². The van der Waals surface area contributed by atoms with Crippen LogP contribution in [0.2, 0.25) is 0 Å². The summed E-state index contributed by atoms with van der Waals surface area (Å²) in [7, 11) is 0. The second-order valence-electron chi connectivity index (χ2n) is 9.88. The Morgan fingerprint density at radius 3 is 1.98 bits per heavy atom. The minimum absolute atomic E-state index is 0.130. The van der Waals surface area contributed by atoms with Crippen LogP contribution >= 0.6 is 0 Å². The van der Waals surface area contributed by atoms with Crippen LogP contribution in [-0.4, -0.2) is 9.55 Å². The van der Waals surface area contributed by atoms with Crippen LogP contribution in [-0.2, 0) is 12.4 Å². The van der Waals surface area contributed by atoms with Crippen LogP contribution in [0.1, 0.15) is 22.3 Å². The summed E-state index contributed by atoms with van der Waals surface area (Å²) in [6, 6.07) is 23.2. The van der Waals surface area contributed by atoms with Gasteiger partial charge in [-0.05, 0) is 72.1 Å². The molecule has 2 aromatic heterocycles. The first-order valence-electron chi connectivity index (χ1n) is 12.7. The lowest BCUT2D eigenvalue weighted by molar-refractivity contribution is -0.143. The van der Waals surface area contributed by atoms with Gasteiger partial charge < -0.3 is 4.57 Å². The van der Waals surface area contributed by atoms with E-state index in [1.807, 2.05) is 41.8 Å². The molecule has 0 bridgehead atoms. The van der Waals surface area contributed by atoms with Crippen LogP contribution < -0.4 is 0 Å². The van der Waals surface area contributed by atoms with Crippen LogP contribution in [0.3, 0.4) is 0 Å². The molecule has 0 radical (unpaired) electrons. The van der Waals surface area contributed by atoms with Gasteiger partial charge >= 0.3 is 12.4 Å². The van der Waals surface area contributed by atoms with Crippen molar-refractivity contribution in [2.75, 3.05) is 0 Å². The summed E-state index contributed by atoms with van der Waals surface area (Å²) in [5.41, 5.74) is 1.44. The normalized spacial score (nSPS) is 12.1. The van der Waals surface area contributed by atoms with E-state index in [4.69, 9.17) is 0 Å². The highest BCUT2D eigenvalue weighted by atomic mass is 19.4. The Kier molecular flexibility index (Phi) is 6.30. The van der Waals surface area contributed by atoms with E-state index < -0.39 is 23.5 Å². The van der Waals surface area contributed by atoms with Gasteiger partial charge in [-0.2, -0.15) is 31.6 Å². The van der Waals surface area contributed by atoms with E-state index >= 15 is 0 Å². The van der Waals surface area contributed by atoms with Crippen molar-refractivity contribution in [2.24, 2.45) is 0 Å². The highest BCUT2D eigenvalue weighted by molar-refractivity contribution is 6.14. The highest BCUT2D eigenvalue weighted by Gasteiger charge is 2.37. The Hall–Kier alpha value is -5.10. The molecular formula is C33H19F6N3. The number of benzene rings is 4. The smallest absolute Gasteiger partial charge is 0.308 e. The number of aryl methyl sites for hydroxylation is 1.